The molecule has 1 rings (SSSR count). The van der Waals surface area contributed by atoms with Gasteiger partial charge in [0.2, 0.25) is 5.91 Å². The third kappa shape index (κ3) is 4.35. The average molecular weight is 294 g/mol. The lowest BCUT2D eigenvalue weighted by Gasteiger charge is -2.37. The number of nitrogens with zero attached hydrogens (tertiary/aromatic N) is 1. The molecule has 0 aromatic rings. The van der Waals surface area contributed by atoms with Crippen LogP contribution in [0.2, 0.25) is 0 Å². The molecule has 2 nitrogen and oxygen atoms in total. The van der Waals surface area contributed by atoms with Crippen molar-refractivity contribution >= 4 is 33.6 Å². The summed E-state index contributed by atoms with van der Waals surface area (Å²) in [6.45, 7) is 0.934. The van der Waals surface area contributed by atoms with Gasteiger partial charge < -0.3 is 4.90 Å². The SMILES string of the molecule is CSCCC(=O)N(CCCBr)C1CCC1. The van der Waals surface area contributed by atoms with Gasteiger partial charge in [-0.15, -0.1) is 0 Å². The Bertz CT molecular complexity index is 197. The van der Waals surface area contributed by atoms with E-state index in [1.54, 1.807) is 11.8 Å². The quantitative estimate of drug-likeness (QED) is 0.673. The van der Waals surface area contributed by atoms with Crippen molar-refractivity contribution in [1.82, 2.24) is 4.90 Å². The van der Waals surface area contributed by atoms with Crippen LogP contribution in [0.3, 0.4) is 0 Å². The van der Waals surface area contributed by atoms with Crippen molar-refractivity contribution in [2.75, 3.05) is 23.9 Å². The highest BCUT2D eigenvalue weighted by atomic mass is 79.9. The van der Waals surface area contributed by atoms with Crippen molar-refractivity contribution < 1.29 is 4.79 Å². The Balaban J connectivity index is 2.35. The first kappa shape index (κ1) is 13.4. The predicted octanol–water partition coefficient (Wildman–Crippen LogP) is 2.91. The first-order valence-electron chi connectivity index (χ1n) is 5.64. The fraction of sp³-hybridized carbons (Fsp3) is 0.909. The normalized spacial score (nSPS) is 16.1. The Morgan fingerprint density at radius 2 is 2.27 bits per heavy atom. The van der Waals surface area contributed by atoms with E-state index in [0.717, 1.165) is 24.0 Å². The Labute approximate surface area is 105 Å². The van der Waals surface area contributed by atoms with Crippen LogP contribution in [-0.4, -0.2) is 40.7 Å². The molecule has 0 atom stereocenters. The molecule has 0 radical (unpaired) electrons. The fourth-order valence-electron chi connectivity index (χ4n) is 1.77. The zero-order valence-corrected chi connectivity index (χ0v) is 11.8. The number of thioether (sulfide) groups is 1. The maximum Gasteiger partial charge on any atom is 0.223 e. The van der Waals surface area contributed by atoms with Crippen LogP contribution < -0.4 is 0 Å². The van der Waals surface area contributed by atoms with Gasteiger partial charge >= 0.3 is 0 Å². The molecule has 15 heavy (non-hydrogen) atoms. The van der Waals surface area contributed by atoms with E-state index in [2.05, 4.69) is 27.1 Å². The van der Waals surface area contributed by atoms with E-state index in [4.69, 9.17) is 0 Å². The van der Waals surface area contributed by atoms with Crippen molar-refractivity contribution in [3.8, 4) is 0 Å². The number of amides is 1. The lowest BCUT2D eigenvalue weighted by atomic mass is 9.91. The second-order valence-corrected chi connectivity index (χ2v) is 5.74. The Morgan fingerprint density at radius 1 is 1.53 bits per heavy atom. The molecular weight excluding hydrogens is 274 g/mol. The van der Waals surface area contributed by atoms with E-state index in [0.29, 0.717) is 18.4 Å². The maximum absolute atomic E-state index is 11.9. The lowest BCUT2D eigenvalue weighted by molar-refractivity contribution is -0.134. The van der Waals surface area contributed by atoms with Gasteiger partial charge in [-0.2, -0.15) is 11.8 Å². The summed E-state index contributed by atoms with van der Waals surface area (Å²) in [7, 11) is 0. The minimum absolute atomic E-state index is 0.356. The Kier molecular flexibility index (Phi) is 6.73. The monoisotopic (exact) mass is 293 g/mol. The third-order valence-corrected chi connectivity index (χ3v) is 4.06. The zero-order valence-electron chi connectivity index (χ0n) is 9.38. The Morgan fingerprint density at radius 3 is 2.73 bits per heavy atom. The molecule has 0 bridgehead atoms. The summed E-state index contributed by atoms with van der Waals surface area (Å²) < 4.78 is 0. The van der Waals surface area contributed by atoms with Gasteiger partial charge in [-0.1, -0.05) is 15.9 Å². The highest BCUT2D eigenvalue weighted by molar-refractivity contribution is 9.09. The fourth-order valence-corrected chi connectivity index (χ4v) is 2.40. The van der Waals surface area contributed by atoms with Crippen molar-refractivity contribution in [2.45, 2.75) is 38.1 Å². The van der Waals surface area contributed by atoms with E-state index in [1.165, 1.54) is 19.3 Å². The molecule has 1 fully saturated rings. The van der Waals surface area contributed by atoms with Gasteiger partial charge in [0.1, 0.15) is 0 Å². The molecule has 1 aliphatic rings. The summed E-state index contributed by atoms with van der Waals surface area (Å²) in [4.78, 5) is 14.1. The minimum atomic E-state index is 0.356. The standard InChI is InChI=1S/C11H20BrNOS/c1-15-9-6-11(14)13(8-3-7-12)10-4-2-5-10/h10H,2-9H2,1H3. The van der Waals surface area contributed by atoms with Crippen LogP contribution in [0.1, 0.15) is 32.1 Å². The third-order valence-electron chi connectivity index (χ3n) is 2.89. The summed E-state index contributed by atoms with van der Waals surface area (Å²) in [5.41, 5.74) is 0. The molecular formula is C11H20BrNOS. The van der Waals surface area contributed by atoms with Crippen LogP contribution in [0.5, 0.6) is 0 Å². The molecule has 0 N–H and O–H groups in total. The molecule has 0 unspecified atom stereocenters. The lowest BCUT2D eigenvalue weighted by Crippen LogP contribution is -2.44. The molecule has 0 heterocycles. The van der Waals surface area contributed by atoms with Gasteiger partial charge in [0.15, 0.2) is 0 Å². The molecule has 0 aliphatic heterocycles. The second-order valence-electron chi connectivity index (χ2n) is 3.96. The molecule has 88 valence electrons. The van der Waals surface area contributed by atoms with Gasteiger partial charge in [-0.3, -0.25) is 4.79 Å². The molecule has 4 heteroatoms. The largest absolute Gasteiger partial charge is 0.340 e. The summed E-state index contributed by atoms with van der Waals surface area (Å²) in [5, 5.41) is 0.992. The predicted molar refractivity (Wildman–Crippen MR) is 70.8 cm³/mol. The average Bonchev–Trinajstić information content (AvgIpc) is 2.17. The van der Waals surface area contributed by atoms with Crippen LogP contribution in [0, 0.1) is 0 Å². The number of hydrogen-bond donors (Lipinski definition) is 0. The summed E-state index contributed by atoms with van der Waals surface area (Å²) in [6.07, 6.45) is 7.56. The van der Waals surface area contributed by atoms with E-state index in [1.807, 2.05) is 0 Å². The first-order valence-corrected chi connectivity index (χ1v) is 8.15. The van der Waals surface area contributed by atoms with Gasteiger partial charge in [0.05, 0.1) is 0 Å². The molecule has 0 saturated heterocycles. The van der Waals surface area contributed by atoms with Gasteiger partial charge in [-0.25, -0.2) is 0 Å². The van der Waals surface area contributed by atoms with Crippen molar-refractivity contribution in [1.29, 1.82) is 0 Å². The highest BCUT2D eigenvalue weighted by Crippen LogP contribution is 2.25. The van der Waals surface area contributed by atoms with E-state index in [9.17, 15) is 4.79 Å². The van der Waals surface area contributed by atoms with Crippen LogP contribution in [0.15, 0.2) is 0 Å². The van der Waals surface area contributed by atoms with Gasteiger partial charge in [-0.05, 0) is 31.9 Å². The molecule has 0 spiro atoms. The van der Waals surface area contributed by atoms with Crippen LogP contribution in [0.25, 0.3) is 0 Å². The van der Waals surface area contributed by atoms with Gasteiger partial charge in [0.25, 0.3) is 0 Å². The minimum Gasteiger partial charge on any atom is -0.340 e. The van der Waals surface area contributed by atoms with E-state index >= 15 is 0 Å². The molecule has 1 saturated carbocycles. The Hall–Kier alpha value is 0.300. The summed E-state index contributed by atoms with van der Waals surface area (Å²) in [6, 6.07) is 0.554. The van der Waals surface area contributed by atoms with E-state index < -0.39 is 0 Å². The molecule has 0 aromatic carbocycles. The van der Waals surface area contributed by atoms with Crippen LogP contribution in [-0.2, 0) is 4.79 Å². The summed E-state index contributed by atoms with van der Waals surface area (Å²) >= 11 is 5.18. The molecule has 1 amide bonds. The zero-order chi connectivity index (χ0) is 11.1. The van der Waals surface area contributed by atoms with Crippen molar-refractivity contribution in [2.24, 2.45) is 0 Å². The number of rotatable bonds is 7. The summed E-state index contributed by atoms with van der Waals surface area (Å²) in [5.74, 6) is 1.31. The second kappa shape index (κ2) is 7.55. The van der Waals surface area contributed by atoms with Crippen molar-refractivity contribution in [3.63, 3.8) is 0 Å². The van der Waals surface area contributed by atoms with Crippen LogP contribution in [0.4, 0.5) is 0 Å². The maximum atomic E-state index is 11.9. The molecule has 1 aliphatic carbocycles. The first-order chi connectivity index (χ1) is 7.29. The smallest absolute Gasteiger partial charge is 0.223 e. The number of carbonyl (C=O) groups is 1. The molecule has 0 aromatic heterocycles. The highest BCUT2D eigenvalue weighted by Gasteiger charge is 2.27. The number of alkyl halides is 1. The number of halogens is 1. The topological polar surface area (TPSA) is 20.3 Å². The number of hydrogen-bond acceptors (Lipinski definition) is 2. The van der Waals surface area contributed by atoms with Gasteiger partial charge in [0, 0.05) is 30.1 Å². The van der Waals surface area contributed by atoms with Crippen LogP contribution >= 0.6 is 27.7 Å². The number of carbonyl (C=O) groups excluding carboxylic acids is 1. The van der Waals surface area contributed by atoms with Crippen molar-refractivity contribution in [3.05, 3.63) is 0 Å². The van der Waals surface area contributed by atoms with E-state index in [-0.39, 0.29) is 0 Å².